The molecule has 7 aromatic rings. The van der Waals surface area contributed by atoms with Crippen LogP contribution in [0.5, 0.6) is 5.75 Å². The normalized spacial score (nSPS) is 20.1. The maximum Gasteiger partial charge on any atom is 0.203 e. The second-order valence-electron chi connectivity index (χ2n) is 13.6. The lowest BCUT2D eigenvalue weighted by atomic mass is 10.0. The third-order valence-electron chi connectivity index (χ3n) is 10.4. The number of nitrogens with one attached hydrogen (secondary N) is 4. The molecule has 4 aromatic heterocycles. The molecular weight excluding hydrogens is 627 g/mol. The largest absolute Gasteiger partial charge is 0.465 e. The van der Waals surface area contributed by atoms with Crippen molar-refractivity contribution < 1.29 is 4.74 Å². The average Bonchev–Trinajstić information content (AvgIpc) is 3.98. The van der Waals surface area contributed by atoms with Crippen molar-refractivity contribution in [3.8, 4) is 50.0 Å². The van der Waals surface area contributed by atoms with Gasteiger partial charge in [0.25, 0.3) is 0 Å². The van der Waals surface area contributed by atoms with Gasteiger partial charge in [-0.2, -0.15) is 0 Å². The van der Waals surface area contributed by atoms with Gasteiger partial charge in [0.05, 0.1) is 47.1 Å². The van der Waals surface area contributed by atoms with E-state index < -0.39 is 0 Å². The first-order valence-electron chi connectivity index (χ1n) is 17.3. The van der Waals surface area contributed by atoms with Crippen LogP contribution in [0, 0.1) is 6.92 Å². The number of benzene rings is 3. The van der Waals surface area contributed by atoms with E-state index in [9.17, 15) is 0 Å². The fourth-order valence-electron chi connectivity index (χ4n) is 7.84. The van der Waals surface area contributed by atoms with Gasteiger partial charge >= 0.3 is 0 Å². The minimum absolute atomic E-state index is 0.291. The van der Waals surface area contributed by atoms with Gasteiger partial charge in [-0.3, -0.25) is 0 Å². The molecule has 0 aliphatic carbocycles. The summed E-state index contributed by atoms with van der Waals surface area (Å²) in [5.41, 5.74) is 9.91. The molecule has 3 aromatic carbocycles. The van der Waals surface area contributed by atoms with E-state index in [1.54, 1.807) is 0 Å². The van der Waals surface area contributed by atoms with Gasteiger partial charge in [-0.05, 0) is 99.8 Å². The van der Waals surface area contributed by atoms with Crippen molar-refractivity contribution in [2.75, 3.05) is 13.1 Å². The highest BCUT2D eigenvalue weighted by molar-refractivity contribution is 7.15. The number of aromatic nitrogens is 5. The van der Waals surface area contributed by atoms with Gasteiger partial charge in [-0.25, -0.2) is 9.97 Å². The number of ether oxygens (including phenoxy) is 1. The molecule has 8 nitrogen and oxygen atoms in total. The van der Waals surface area contributed by atoms with Crippen LogP contribution in [0.15, 0.2) is 91.3 Å². The Hall–Kier alpha value is -4.96. The molecule has 0 radical (unpaired) electrons. The third kappa shape index (κ3) is 5.03. The number of hydrogen-bond acceptors (Lipinski definition) is 6. The second-order valence-corrected chi connectivity index (χ2v) is 14.8. The molecule has 3 aliphatic heterocycles. The Morgan fingerprint density at radius 1 is 0.755 bits per heavy atom. The Morgan fingerprint density at radius 2 is 1.49 bits per heavy atom. The zero-order chi connectivity index (χ0) is 32.5. The number of H-pyrrole nitrogens is 2. The van der Waals surface area contributed by atoms with Crippen molar-refractivity contribution in [2.24, 2.45) is 0 Å². The van der Waals surface area contributed by atoms with Crippen molar-refractivity contribution in [2.45, 2.75) is 50.9 Å². The molecule has 244 valence electrons. The van der Waals surface area contributed by atoms with Crippen LogP contribution < -0.4 is 15.4 Å². The number of aryl methyl sites for hydroxylation is 1. The Kier molecular flexibility index (Phi) is 6.85. The van der Waals surface area contributed by atoms with Crippen LogP contribution in [0.2, 0.25) is 0 Å². The first-order chi connectivity index (χ1) is 24.1. The van der Waals surface area contributed by atoms with Crippen LogP contribution in [0.3, 0.4) is 0 Å². The van der Waals surface area contributed by atoms with E-state index in [0.29, 0.717) is 12.1 Å². The monoisotopic (exact) mass is 663 g/mol. The lowest BCUT2D eigenvalue weighted by molar-refractivity contribution is 0.173. The summed E-state index contributed by atoms with van der Waals surface area (Å²) in [6.07, 6.45) is 8.17. The highest BCUT2D eigenvalue weighted by Crippen LogP contribution is 2.46. The van der Waals surface area contributed by atoms with E-state index in [0.717, 1.165) is 88.2 Å². The molecule has 3 atom stereocenters. The second kappa shape index (κ2) is 11.6. The van der Waals surface area contributed by atoms with E-state index in [1.165, 1.54) is 33.5 Å². The number of rotatable bonds is 6. The molecule has 2 saturated heterocycles. The predicted octanol–water partition coefficient (Wildman–Crippen LogP) is 8.91. The average molecular weight is 664 g/mol. The fourth-order valence-corrected chi connectivity index (χ4v) is 8.71. The Balaban J connectivity index is 1.08. The van der Waals surface area contributed by atoms with Crippen molar-refractivity contribution in [3.63, 3.8) is 0 Å². The molecule has 9 heteroatoms. The molecule has 0 spiro atoms. The van der Waals surface area contributed by atoms with E-state index in [2.05, 4.69) is 111 Å². The van der Waals surface area contributed by atoms with Crippen LogP contribution in [0.1, 0.15) is 66.1 Å². The molecule has 3 unspecified atom stereocenters. The first kappa shape index (κ1) is 29.0. The van der Waals surface area contributed by atoms with Gasteiger partial charge in [-0.15, -0.1) is 11.3 Å². The maximum atomic E-state index is 7.05. The smallest absolute Gasteiger partial charge is 0.203 e. The molecule has 10 rings (SSSR count). The number of fused-ring (bicyclic) bond motifs is 5. The summed E-state index contributed by atoms with van der Waals surface area (Å²) in [7, 11) is 0. The Morgan fingerprint density at radius 3 is 2.18 bits per heavy atom. The molecule has 49 heavy (non-hydrogen) atoms. The van der Waals surface area contributed by atoms with Crippen LogP contribution >= 0.6 is 11.3 Å². The minimum atomic E-state index is -0.339. The van der Waals surface area contributed by atoms with E-state index >= 15 is 0 Å². The molecule has 0 bridgehead atoms. The topological polar surface area (TPSA) is 95.6 Å². The summed E-state index contributed by atoms with van der Waals surface area (Å²) in [6, 6.07) is 29.4. The van der Waals surface area contributed by atoms with E-state index in [4.69, 9.17) is 14.7 Å². The Bertz CT molecular complexity index is 2330. The molecular formula is C40H37N7OS. The fraction of sp³-hybridized carbons (Fsp3) is 0.250. The zero-order valence-corrected chi connectivity index (χ0v) is 28.1. The molecule has 7 heterocycles. The zero-order valence-electron chi connectivity index (χ0n) is 27.3. The highest BCUT2D eigenvalue weighted by Gasteiger charge is 2.30. The van der Waals surface area contributed by atoms with Crippen molar-refractivity contribution in [1.29, 1.82) is 0 Å². The number of imidazole rings is 2. The summed E-state index contributed by atoms with van der Waals surface area (Å²) >= 11 is 1.82. The minimum Gasteiger partial charge on any atom is -0.465 e. The summed E-state index contributed by atoms with van der Waals surface area (Å²) in [4.78, 5) is 19.2. The Labute approximate surface area is 288 Å². The van der Waals surface area contributed by atoms with Gasteiger partial charge < -0.3 is 29.9 Å². The molecule has 0 saturated carbocycles. The number of hydrogen-bond donors (Lipinski definition) is 4. The van der Waals surface area contributed by atoms with Crippen LogP contribution in [0.4, 0.5) is 0 Å². The van der Waals surface area contributed by atoms with Crippen molar-refractivity contribution >= 4 is 22.2 Å². The maximum absolute atomic E-state index is 7.05. The first-order valence-corrected chi connectivity index (χ1v) is 18.2. The molecule has 0 amide bonds. The third-order valence-corrected chi connectivity index (χ3v) is 11.4. The lowest BCUT2D eigenvalue weighted by Crippen LogP contribution is -2.22. The summed E-state index contributed by atoms with van der Waals surface area (Å²) in [5, 5.41) is 8.27. The SMILES string of the molecule is Cc1ccc(-c2cccc(C3Oc4cc(-c5cnc(C6CCCN6)[nH]5)ccc4-c4cc5cc(-c6cnc(C7CCCN7)[nH]6)ccc5n43)c2)s1. The number of thiophene rings is 1. The summed E-state index contributed by atoms with van der Waals surface area (Å²) < 4.78 is 9.41. The van der Waals surface area contributed by atoms with Crippen molar-refractivity contribution in [3.05, 3.63) is 113 Å². The highest BCUT2D eigenvalue weighted by atomic mass is 32.1. The lowest BCUT2D eigenvalue weighted by Gasteiger charge is -2.31. The number of nitrogens with zero attached hydrogens (tertiary/aromatic N) is 3. The molecule has 4 N–H and O–H groups in total. The number of aromatic amines is 2. The summed E-state index contributed by atoms with van der Waals surface area (Å²) in [5.74, 6) is 2.89. The van der Waals surface area contributed by atoms with Gasteiger partial charge in [-0.1, -0.05) is 30.3 Å². The summed E-state index contributed by atoms with van der Waals surface area (Å²) in [6.45, 7) is 4.25. The van der Waals surface area contributed by atoms with Gasteiger partial charge in [0.15, 0.2) is 0 Å². The standard InChI is InChI=1S/C40H37N7OS/c1-23-9-14-37(49-23)26-5-2-6-27(18-26)40-47-34-13-11-24(32-21-43-38(45-32)30-7-3-15-41-30)17-28(34)19-35(47)29-12-10-25(20-36(29)48-40)33-22-44-39(46-33)31-8-4-16-42-31/h2,5-6,9-14,17-22,30-31,40-42H,3-4,7-8,15-16H2,1H3,(H,43,45)(H,44,46). The van der Waals surface area contributed by atoms with Gasteiger partial charge in [0.1, 0.15) is 17.4 Å². The molecule has 3 aliphatic rings. The molecule has 2 fully saturated rings. The van der Waals surface area contributed by atoms with Crippen molar-refractivity contribution in [1.82, 2.24) is 35.1 Å². The van der Waals surface area contributed by atoms with Crippen LogP contribution in [0.25, 0.3) is 55.1 Å². The van der Waals surface area contributed by atoms with Gasteiger partial charge in [0.2, 0.25) is 6.23 Å². The van der Waals surface area contributed by atoms with Crippen LogP contribution in [-0.2, 0) is 0 Å². The predicted molar refractivity (Wildman–Crippen MR) is 196 cm³/mol. The quantitative estimate of drug-likeness (QED) is 0.143. The van der Waals surface area contributed by atoms with E-state index in [-0.39, 0.29) is 6.23 Å². The van der Waals surface area contributed by atoms with E-state index in [1.807, 2.05) is 23.7 Å². The van der Waals surface area contributed by atoms with Crippen LogP contribution in [-0.4, -0.2) is 37.6 Å². The van der Waals surface area contributed by atoms with Gasteiger partial charge in [0, 0.05) is 37.4 Å².